The van der Waals surface area contributed by atoms with Crippen molar-refractivity contribution in [2.45, 2.75) is 6.61 Å². The summed E-state index contributed by atoms with van der Waals surface area (Å²) in [4.78, 5) is 12.9. The third-order valence-electron chi connectivity index (χ3n) is 3.01. The zero-order valence-corrected chi connectivity index (χ0v) is 11.1. The van der Waals surface area contributed by atoms with Crippen LogP contribution in [0, 0.1) is 0 Å². The Balaban J connectivity index is 2.20. The minimum Gasteiger partial charge on any atom is -0.384 e. The molecular weight excluding hydrogens is 252 g/mol. The van der Waals surface area contributed by atoms with Crippen LogP contribution in [0.15, 0.2) is 42.7 Å². The number of methoxy groups -OCH3 is 1. The van der Waals surface area contributed by atoms with Crippen molar-refractivity contribution >= 4 is 16.6 Å². The molecule has 0 aliphatic heterocycles. The largest absolute Gasteiger partial charge is 0.384 e. The summed E-state index contributed by atoms with van der Waals surface area (Å²) in [6.45, 7) is 0.330. The highest BCUT2D eigenvalue weighted by Crippen LogP contribution is 2.26. The Morgan fingerprint density at radius 2 is 2.00 bits per heavy atom. The number of hydrogen-bond donors (Lipinski definition) is 1. The van der Waals surface area contributed by atoms with Gasteiger partial charge in [-0.3, -0.25) is 4.98 Å². The van der Waals surface area contributed by atoms with E-state index in [4.69, 9.17) is 10.5 Å². The summed E-state index contributed by atoms with van der Waals surface area (Å²) in [7, 11) is 1.60. The number of pyridine rings is 1. The molecule has 0 atom stereocenters. The quantitative estimate of drug-likeness (QED) is 0.788. The van der Waals surface area contributed by atoms with Gasteiger partial charge < -0.3 is 10.5 Å². The first-order valence-electron chi connectivity index (χ1n) is 6.23. The summed E-state index contributed by atoms with van der Waals surface area (Å²) in [5.74, 6) is 0.991. The van der Waals surface area contributed by atoms with Crippen LogP contribution in [-0.2, 0) is 11.3 Å². The van der Waals surface area contributed by atoms with Gasteiger partial charge in [0, 0.05) is 36.5 Å². The molecule has 2 N–H and O–H groups in total. The van der Waals surface area contributed by atoms with Crippen LogP contribution >= 0.6 is 0 Å². The van der Waals surface area contributed by atoms with E-state index in [1.54, 1.807) is 19.4 Å². The highest BCUT2D eigenvalue weighted by atomic mass is 16.5. The molecule has 100 valence electrons. The van der Waals surface area contributed by atoms with Crippen LogP contribution in [0.4, 0.5) is 5.82 Å². The lowest BCUT2D eigenvalue weighted by Gasteiger charge is -2.08. The van der Waals surface area contributed by atoms with E-state index in [0.29, 0.717) is 18.2 Å². The van der Waals surface area contributed by atoms with Crippen molar-refractivity contribution < 1.29 is 4.74 Å². The van der Waals surface area contributed by atoms with Gasteiger partial charge in [-0.25, -0.2) is 9.97 Å². The van der Waals surface area contributed by atoms with Crippen LogP contribution < -0.4 is 5.73 Å². The molecule has 0 unspecified atom stereocenters. The van der Waals surface area contributed by atoms with E-state index in [1.165, 1.54) is 0 Å². The third-order valence-corrected chi connectivity index (χ3v) is 3.01. The number of nitrogens with two attached hydrogens (primary N) is 1. The highest BCUT2D eigenvalue weighted by molar-refractivity contribution is 5.95. The van der Waals surface area contributed by atoms with E-state index in [9.17, 15) is 0 Å². The molecule has 5 heteroatoms. The fourth-order valence-corrected chi connectivity index (χ4v) is 2.17. The molecule has 0 aliphatic rings. The first kappa shape index (κ1) is 12.5. The number of nitrogens with zero attached hydrogens (tertiary/aromatic N) is 3. The van der Waals surface area contributed by atoms with Crippen LogP contribution in [0.2, 0.25) is 0 Å². The molecule has 1 aromatic carbocycles. The van der Waals surface area contributed by atoms with Gasteiger partial charge in [-0.05, 0) is 5.39 Å². The number of benzene rings is 1. The molecule has 2 aromatic heterocycles. The van der Waals surface area contributed by atoms with E-state index in [2.05, 4.69) is 15.0 Å². The Kier molecular flexibility index (Phi) is 3.26. The molecule has 3 aromatic rings. The average Bonchev–Trinajstić information content (AvgIpc) is 2.46. The number of anilines is 1. The zero-order chi connectivity index (χ0) is 13.9. The van der Waals surface area contributed by atoms with Crippen LogP contribution in [0.3, 0.4) is 0 Å². The van der Waals surface area contributed by atoms with Crippen molar-refractivity contribution in [2.24, 2.45) is 0 Å². The van der Waals surface area contributed by atoms with Gasteiger partial charge in [-0.1, -0.05) is 24.3 Å². The Morgan fingerprint density at radius 1 is 1.15 bits per heavy atom. The minimum atomic E-state index is 0.330. The zero-order valence-electron chi connectivity index (χ0n) is 11.1. The monoisotopic (exact) mass is 266 g/mol. The third kappa shape index (κ3) is 2.31. The van der Waals surface area contributed by atoms with Gasteiger partial charge in [0.25, 0.3) is 0 Å². The van der Waals surface area contributed by atoms with Gasteiger partial charge in [0.1, 0.15) is 12.4 Å². The lowest BCUT2D eigenvalue weighted by atomic mass is 10.1. The van der Waals surface area contributed by atoms with Crippen molar-refractivity contribution in [2.75, 3.05) is 12.8 Å². The number of aromatic nitrogens is 3. The maximum absolute atomic E-state index is 5.84. The van der Waals surface area contributed by atoms with E-state index < -0.39 is 0 Å². The smallest absolute Gasteiger partial charge is 0.157 e. The van der Waals surface area contributed by atoms with Gasteiger partial charge in [-0.2, -0.15) is 0 Å². The van der Waals surface area contributed by atoms with Crippen LogP contribution in [0.25, 0.3) is 22.0 Å². The molecule has 0 aliphatic carbocycles. The average molecular weight is 266 g/mol. The van der Waals surface area contributed by atoms with Gasteiger partial charge >= 0.3 is 0 Å². The molecule has 2 heterocycles. The van der Waals surface area contributed by atoms with Gasteiger partial charge in [-0.15, -0.1) is 0 Å². The second-order valence-electron chi connectivity index (χ2n) is 4.44. The molecule has 0 spiro atoms. The molecular formula is C15H14N4O. The topological polar surface area (TPSA) is 73.9 Å². The molecule has 0 saturated heterocycles. The molecule has 5 nitrogen and oxygen atoms in total. The maximum Gasteiger partial charge on any atom is 0.157 e. The van der Waals surface area contributed by atoms with Crippen LogP contribution in [-0.4, -0.2) is 22.1 Å². The Bertz CT molecular complexity index is 752. The SMILES string of the molecule is COCc1nc(N)cc(-c2cncc3ccccc23)n1. The summed E-state index contributed by atoms with van der Waals surface area (Å²) in [6.07, 6.45) is 3.63. The maximum atomic E-state index is 5.84. The molecule has 20 heavy (non-hydrogen) atoms. The Hall–Kier alpha value is -2.53. The fourth-order valence-electron chi connectivity index (χ4n) is 2.17. The first-order chi connectivity index (χ1) is 9.78. The number of fused-ring (bicyclic) bond motifs is 1. The van der Waals surface area contributed by atoms with E-state index in [-0.39, 0.29) is 0 Å². The first-order valence-corrected chi connectivity index (χ1v) is 6.23. The summed E-state index contributed by atoms with van der Waals surface area (Å²) in [5, 5.41) is 2.15. The van der Waals surface area contributed by atoms with Crippen LogP contribution in [0.5, 0.6) is 0 Å². The Labute approximate surface area is 116 Å². The molecule has 0 amide bonds. The van der Waals surface area contributed by atoms with Crippen molar-refractivity contribution in [3.05, 3.63) is 48.5 Å². The number of nitrogen functional groups attached to an aromatic ring is 1. The molecule has 0 radical (unpaired) electrons. The molecule has 0 fully saturated rings. The minimum absolute atomic E-state index is 0.330. The normalized spacial score (nSPS) is 10.8. The Morgan fingerprint density at radius 3 is 2.85 bits per heavy atom. The summed E-state index contributed by atoms with van der Waals surface area (Å²) in [6, 6.07) is 9.79. The number of ether oxygens (including phenoxy) is 1. The van der Waals surface area contributed by atoms with Crippen molar-refractivity contribution in [1.82, 2.24) is 15.0 Å². The molecule has 0 saturated carbocycles. The second-order valence-corrected chi connectivity index (χ2v) is 4.44. The van der Waals surface area contributed by atoms with Crippen LogP contribution in [0.1, 0.15) is 5.82 Å². The lowest BCUT2D eigenvalue weighted by molar-refractivity contribution is 0.178. The summed E-state index contributed by atoms with van der Waals surface area (Å²) < 4.78 is 5.07. The predicted molar refractivity (Wildman–Crippen MR) is 77.9 cm³/mol. The number of rotatable bonds is 3. The summed E-state index contributed by atoms with van der Waals surface area (Å²) >= 11 is 0. The van der Waals surface area contributed by atoms with Crippen molar-refractivity contribution in [3.8, 4) is 11.3 Å². The van der Waals surface area contributed by atoms with Crippen molar-refractivity contribution in [3.63, 3.8) is 0 Å². The molecule has 0 bridgehead atoms. The van der Waals surface area contributed by atoms with Gasteiger partial charge in [0.2, 0.25) is 0 Å². The highest BCUT2D eigenvalue weighted by Gasteiger charge is 2.08. The molecule has 3 rings (SSSR count). The standard InChI is InChI=1S/C15H14N4O/c1-20-9-15-18-13(6-14(16)19-15)12-8-17-7-10-4-2-3-5-11(10)12/h2-8H,9H2,1H3,(H2,16,18,19). The van der Waals surface area contributed by atoms with Gasteiger partial charge in [0.05, 0.1) is 5.69 Å². The number of hydrogen-bond acceptors (Lipinski definition) is 5. The second kappa shape index (κ2) is 5.22. The van der Waals surface area contributed by atoms with Gasteiger partial charge in [0.15, 0.2) is 5.82 Å². The van der Waals surface area contributed by atoms with E-state index in [0.717, 1.165) is 22.0 Å². The van der Waals surface area contributed by atoms with Crippen molar-refractivity contribution in [1.29, 1.82) is 0 Å². The van der Waals surface area contributed by atoms with E-state index in [1.807, 2.05) is 30.5 Å². The fraction of sp³-hybridized carbons (Fsp3) is 0.133. The summed E-state index contributed by atoms with van der Waals surface area (Å²) in [5.41, 5.74) is 7.54. The van der Waals surface area contributed by atoms with E-state index >= 15 is 0 Å². The lowest BCUT2D eigenvalue weighted by Crippen LogP contribution is -2.02. The predicted octanol–water partition coefficient (Wildman–Crippen LogP) is 2.42.